The number of urea groups is 1. The van der Waals surface area contributed by atoms with Crippen LogP contribution in [0.25, 0.3) is 0 Å². The van der Waals surface area contributed by atoms with Crippen LogP contribution in [0, 0.1) is 0 Å². The second kappa shape index (κ2) is 6.31. The molecule has 5 nitrogen and oxygen atoms in total. The zero-order chi connectivity index (χ0) is 13.9. The Bertz CT molecular complexity index is 332. The minimum absolute atomic E-state index is 0.237. The lowest BCUT2D eigenvalue weighted by molar-refractivity contribution is 0.0360. The van der Waals surface area contributed by atoms with E-state index in [9.17, 15) is 4.79 Å². The van der Waals surface area contributed by atoms with Crippen molar-refractivity contribution >= 4 is 6.03 Å². The van der Waals surface area contributed by atoms with Gasteiger partial charge in [0.15, 0.2) is 0 Å². The number of hydrogen-bond donors (Lipinski definition) is 1. The predicted molar refractivity (Wildman–Crippen MR) is 77.8 cm³/mol. The van der Waals surface area contributed by atoms with Crippen LogP contribution in [-0.2, 0) is 4.74 Å². The van der Waals surface area contributed by atoms with Crippen LogP contribution in [-0.4, -0.2) is 66.8 Å². The quantitative estimate of drug-likeness (QED) is 0.851. The Morgan fingerprint density at radius 3 is 2.50 bits per heavy atom. The van der Waals surface area contributed by atoms with Crippen LogP contribution in [0.3, 0.4) is 0 Å². The smallest absolute Gasteiger partial charge is 0.320 e. The topological polar surface area (TPSA) is 44.8 Å². The molecular weight excluding hydrogens is 254 g/mol. The molecular formula is C15H27N3O2. The molecule has 0 aliphatic carbocycles. The second-order valence-electron chi connectivity index (χ2n) is 6.34. The number of nitrogens with zero attached hydrogens (tertiary/aromatic N) is 2. The van der Waals surface area contributed by atoms with Gasteiger partial charge < -0.3 is 19.9 Å². The molecule has 5 heteroatoms. The maximum Gasteiger partial charge on any atom is 0.320 e. The lowest BCUT2D eigenvalue weighted by atomic mass is 9.98. The first kappa shape index (κ1) is 14.1. The van der Waals surface area contributed by atoms with Gasteiger partial charge in [-0.15, -0.1) is 0 Å². The molecule has 0 spiro atoms. The predicted octanol–water partition coefficient (Wildman–Crippen LogP) is 1.43. The van der Waals surface area contributed by atoms with Gasteiger partial charge in [-0.1, -0.05) is 6.92 Å². The first-order valence-corrected chi connectivity index (χ1v) is 8.17. The Balaban J connectivity index is 1.66. The van der Waals surface area contributed by atoms with Gasteiger partial charge >= 0.3 is 6.03 Å². The van der Waals surface area contributed by atoms with Gasteiger partial charge in [-0.25, -0.2) is 4.79 Å². The van der Waals surface area contributed by atoms with Crippen molar-refractivity contribution in [3.63, 3.8) is 0 Å². The highest BCUT2D eigenvalue weighted by atomic mass is 16.5. The first-order chi connectivity index (χ1) is 9.78. The van der Waals surface area contributed by atoms with E-state index in [0.717, 1.165) is 38.9 Å². The minimum Gasteiger partial charge on any atom is -0.378 e. The van der Waals surface area contributed by atoms with E-state index in [1.165, 1.54) is 12.8 Å². The largest absolute Gasteiger partial charge is 0.378 e. The second-order valence-corrected chi connectivity index (χ2v) is 6.34. The van der Waals surface area contributed by atoms with E-state index < -0.39 is 0 Å². The Labute approximate surface area is 121 Å². The van der Waals surface area contributed by atoms with Gasteiger partial charge in [-0.2, -0.15) is 0 Å². The Hall–Kier alpha value is -0.810. The number of piperidine rings is 1. The van der Waals surface area contributed by atoms with Gasteiger partial charge in [0, 0.05) is 37.8 Å². The Morgan fingerprint density at radius 1 is 1.25 bits per heavy atom. The summed E-state index contributed by atoms with van der Waals surface area (Å²) < 4.78 is 5.36. The average Bonchev–Trinajstić information content (AvgIpc) is 2.83. The van der Waals surface area contributed by atoms with E-state index in [1.54, 1.807) is 0 Å². The van der Waals surface area contributed by atoms with Crippen molar-refractivity contribution in [3.05, 3.63) is 0 Å². The third kappa shape index (κ3) is 2.93. The van der Waals surface area contributed by atoms with Crippen molar-refractivity contribution in [2.75, 3.05) is 32.8 Å². The summed E-state index contributed by atoms with van der Waals surface area (Å²) in [6.07, 6.45) is 5.87. The number of carbonyl (C=O) groups is 1. The fraction of sp³-hybridized carbons (Fsp3) is 0.933. The molecule has 0 aromatic rings. The SMILES string of the molecule is CCCN(C(=O)N1CCOCC1)C1CC2CCC(C1)N2. The van der Waals surface area contributed by atoms with Crippen molar-refractivity contribution in [1.29, 1.82) is 0 Å². The first-order valence-electron chi connectivity index (χ1n) is 8.17. The van der Waals surface area contributed by atoms with Gasteiger partial charge in [0.2, 0.25) is 0 Å². The van der Waals surface area contributed by atoms with Crippen LogP contribution in [0.5, 0.6) is 0 Å². The zero-order valence-electron chi connectivity index (χ0n) is 12.5. The normalized spacial score (nSPS) is 33.2. The van der Waals surface area contributed by atoms with Gasteiger partial charge in [0.25, 0.3) is 0 Å². The number of rotatable bonds is 3. The highest BCUT2D eigenvalue weighted by Crippen LogP contribution is 2.30. The van der Waals surface area contributed by atoms with E-state index in [1.807, 2.05) is 4.90 Å². The number of morpholine rings is 1. The highest BCUT2D eigenvalue weighted by Gasteiger charge is 2.38. The molecule has 3 aliphatic rings. The van der Waals surface area contributed by atoms with Crippen LogP contribution in [0.15, 0.2) is 0 Å². The van der Waals surface area contributed by atoms with Crippen molar-refractivity contribution in [3.8, 4) is 0 Å². The summed E-state index contributed by atoms with van der Waals surface area (Å²) in [5.74, 6) is 0. The molecule has 3 aliphatic heterocycles. The van der Waals surface area contributed by atoms with Gasteiger partial charge in [0.1, 0.15) is 0 Å². The maximum absolute atomic E-state index is 12.8. The van der Waals surface area contributed by atoms with E-state index in [0.29, 0.717) is 31.3 Å². The van der Waals surface area contributed by atoms with Gasteiger partial charge in [-0.05, 0) is 32.1 Å². The summed E-state index contributed by atoms with van der Waals surface area (Å²) in [6.45, 7) is 5.91. The van der Waals surface area contributed by atoms with Gasteiger partial charge in [0.05, 0.1) is 13.2 Å². The van der Waals surface area contributed by atoms with Crippen LogP contribution in [0.2, 0.25) is 0 Å². The zero-order valence-corrected chi connectivity index (χ0v) is 12.5. The molecule has 3 heterocycles. The van der Waals surface area contributed by atoms with E-state index in [4.69, 9.17) is 4.74 Å². The maximum atomic E-state index is 12.8. The van der Waals surface area contributed by atoms with E-state index >= 15 is 0 Å². The molecule has 3 rings (SSSR count). The van der Waals surface area contributed by atoms with E-state index in [-0.39, 0.29) is 6.03 Å². The fourth-order valence-electron chi connectivity index (χ4n) is 3.89. The molecule has 0 aromatic carbocycles. The van der Waals surface area contributed by atoms with Crippen molar-refractivity contribution in [1.82, 2.24) is 15.1 Å². The standard InChI is InChI=1S/C15H27N3O2/c1-2-5-18(15(19)17-6-8-20-9-7-17)14-10-12-3-4-13(11-14)16-12/h12-14,16H,2-11H2,1H3. The molecule has 1 N–H and O–H groups in total. The molecule has 114 valence electrons. The highest BCUT2D eigenvalue weighted by molar-refractivity contribution is 5.75. The minimum atomic E-state index is 0.237. The molecule has 2 unspecified atom stereocenters. The van der Waals surface area contributed by atoms with Crippen molar-refractivity contribution < 1.29 is 9.53 Å². The lowest BCUT2D eigenvalue weighted by Crippen LogP contribution is -2.55. The number of fused-ring (bicyclic) bond motifs is 2. The lowest BCUT2D eigenvalue weighted by Gasteiger charge is -2.41. The summed E-state index contributed by atoms with van der Waals surface area (Å²) in [7, 11) is 0. The summed E-state index contributed by atoms with van der Waals surface area (Å²) in [5, 5.41) is 3.66. The average molecular weight is 281 g/mol. The molecule has 2 amide bonds. The third-order valence-electron chi connectivity index (χ3n) is 4.88. The summed E-state index contributed by atoms with van der Waals surface area (Å²) in [5.41, 5.74) is 0. The van der Waals surface area contributed by atoms with Gasteiger partial charge in [-0.3, -0.25) is 0 Å². The third-order valence-corrected chi connectivity index (χ3v) is 4.88. The molecule has 3 saturated heterocycles. The van der Waals surface area contributed by atoms with Crippen molar-refractivity contribution in [2.45, 2.75) is 57.2 Å². The molecule has 20 heavy (non-hydrogen) atoms. The van der Waals surface area contributed by atoms with Crippen LogP contribution < -0.4 is 5.32 Å². The van der Waals surface area contributed by atoms with E-state index in [2.05, 4.69) is 17.1 Å². The monoisotopic (exact) mass is 281 g/mol. The summed E-state index contributed by atoms with van der Waals surface area (Å²) in [6, 6.07) is 1.94. The van der Waals surface area contributed by atoms with Crippen LogP contribution >= 0.6 is 0 Å². The van der Waals surface area contributed by atoms with Crippen LogP contribution in [0.1, 0.15) is 39.0 Å². The fourth-order valence-corrected chi connectivity index (χ4v) is 3.89. The molecule has 0 saturated carbocycles. The van der Waals surface area contributed by atoms with Crippen molar-refractivity contribution in [2.24, 2.45) is 0 Å². The number of carbonyl (C=O) groups excluding carboxylic acids is 1. The van der Waals surface area contributed by atoms with Crippen LogP contribution in [0.4, 0.5) is 4.79 Å². The Morgan fingerprint density at radius 2 is 1.90 bits per heavy atom. The number of amides is 2. The number of hydrogen-bond acceptors (Lipinski definition) is 3. The molecule has 2 atom stereocenters. The Kier molecular flexibility index (Phi) is 4.46. The molecule has 2 bridgehead atoms. The number of nitrogens with one attached hydrogen (secondary N) is 1. The molecule has 0 radical (unpaired) electrons. The molecule has 3 fully saturated rings. The molecule has 0 aromatic heterocycles. The number of ether oxygens (including phenoxy) is 1. The summed E-state index contributed by atoms with van der Waals surface area (Å²) in [4.78, 5) is 16.9. The summed E-state index contributed by atoms with van der Waals surface area (Å²) >= 11 is 0.